The Hall–Kier alpha value is -1.95. The van der Waals surface area contributed by atoms with Gasteiger partial charge in [-0.15, -0.1) is 0 Å². The Morgan fingerprint density at radius 2 is 1.89 bits per heavy atom. The van der Waals surface area contributed by atoms with Gasteiger partial charge >= 0.3 is 0 Å². The van der Waals surface area contributed by atoms with Gasteiger partial charge in [0.15, 0.2) is 11.3 Å². The maximum atomic E-state index is 13.0. The van der Waals surface area contributed by atoms with Crippen LogP contribution in [0.15, 0.2) is 12.4 Å². The van der Waals surface area contributed by atoms with E-state index in [1.807, 2.05) is 24.3 Å². The van der Waals surface area contributed by atoms with Crippen LogP contribution in [0.2, 0.25) is 0 Å². The summed E-state index contributed by atoms with van der Waals surface area (Å²) in [4.78, 5) is 21.9. The summed E-state index contributed by atoms with van der Waals surface area (Å²) in [6, 6.07) is 2.22. The number of ether oxygens (including phenoxy) is 1. The van der Waals surface area contributed by atoms with Gasteiger partial charge in [0.1, 0.15) is 6.33 Å². The lowest BCUT2D eigenvalue weighted by atomic mass is 9.82. The van der Waals surface area contributed by atoms with Crippen molar-refractivity contribution in [3.8, 4) is 0 Å². The molecule has 2 fully saturated rings. The molecule has 1 N–H and O–H groups in total. The van der Waals surface area contributed by atoms with Crippen LogP contribution in [-0.4, -0.2) is 38.0 Å². The van der Waals surface area contributed by atoms with E-state index in [1.54, 1.807) is 6.33 Å². The van der Waals surface area contributed by atoms with Crippen molar-refractivity contribution in [2.45, 2.75) is 78.0 Å². The van der Waals surface area contributed by atoms with Gasteiger partial charge < -0.3 is 10.1 Å². The Bertz CT molecular complexity index is 853. The first-order chi connectivity index (χ1) is 12.7. The zero-order chi connectivity index (χ0) is 19.3. The first-order valence-electron chi connectivity index (χ1n) is 10.0. The Morgan fingerprint density at radius 3 is 2.52 bits per heavy atom. The number of hydrogen-bond donors (Lipinski definition) is 1. The lowest BCUT2D eigenvalue weighted by Crippen LogP contribution is -2.47. The van der Waals surface area contributed by atoms with Crippen LogP contribution in [0.25, 0.3) is 5.65 Å². The van der Waals surface area contributed by atoms with E-state index in [9.17, 15) is 4.79 Å². The molecule has 1 amide bonds. The average Bonchev–Trinajstić information content (AvgIpc) is 3.05. The molecule has 2 aliphatic carbocycles. The second-order valence-electron chi connectivity index (χ2n) is 9.25. The monoisotopic (exact) mass is 370 g/mol. The van der Waals surface area contributed by atoms with Crippen molar-refractivity contribution < 1.29 is 9.53 Å². The minimum Gasteiger partial charge on any atom is -0.373 e. The van der Waals surface area contributed by atoms with Crippen LogP contribution in [0.4, 0.5) is 0 Å². The lowest BCUT2D eigenvalue weighted by Gasteiger charge is -2.38. The van der Waals surface area contributed by atoms with Crippen LogP contribution in [0, 0.1) is 25.7 Å². The molecule has 0 aromatic carbocycles. The molecule has 6 heteroatoms. The van der Waals surface area contributed by atoms with E-state index in [0.29, 0.717) is 29.3 Å². The molecule has 2 heterocycles. The normalized spacial score (nSPS) is 27.9. The number of nitrogens with one attached hydrogen (secondary N) is 1. The highest BCUT2D eigenvalue weighted by Gasteiger charge is 2.44. The highest BCUT2D eigenvalue weighted by molar-refractivity contribution is 5.98. The van der Waals surface area contributed by atoms with E-state index in [-0.39, 0.29) is 17.6 Å². The number of aromatic nitrogens is 3. The number of amides is 1. The van der Waals surface area contributed by atoms with Crippen molar-refractivity contribution in [2.75, 3.05) is 0 Å². The fourth-order valence-corrected chi connectivity index (χ4v) is 4.96. The zero-order valence-corrected chi connectivity index (χ0v) is 17.0. The maximum Gasteiger partial charge on any atom is 0.274 e. The van der Waals surface area contributed by atoms with Crippen molar-refractivity contribution in [1.82, 2.24) is 19.7 Å². The number of imidazole rings is 1. The van der Waals surface area contributed by atoms with Gasteiger partial charge in [-0.05, 0) is 78.2 Å². The van der Waals surface area contributed by atoms with Crippen LogP contribution < -0.4 is 5.32 Å². The highest BCUT2D eigenvalue weighted by atomic mass is 16.5. The predicted molar refractivity (Wildman–Crippen MR) is 104 cm³/mol. The molecule has 0 radical (unpaired) electrons. The summed E-state index contributed by atoms with van der Waals surface area (Å²) in [6.45, 7) is 10.3. The smallest absolute Gasteiger partial charge is 0.274 e. The molecule has 2 bridgehead atoms. The summed E-state index contributed by atoms with van der Waals surface area (Å²) in [6.07, 6.45) is 6.38. The van der Waals surface area contributed by atoms with Crippen LogP contribution in [-0.2, 0) is 4.74 Å². The summed E-state index contributed by atoms with van der Waals surface area (Å²) in [5, 5.41) is 3.29. The van der Waals surface area contributed by atoms with Crippen molar-refractivity contribution in [3.05, 3.63) is 29.5 Å². The zero-order valence-electron chi connectivity index (χ0n) is 17.0. The minimum atomic E-state index is -0.114. The molecule has 0 saturated heterocycles. The fourth-order valence-electron chi connectivity index (χ4n) is 4.96. The molecule has 0 aliphatic heterocycles. The van der Waals surface area contributed by atoms with Gasteiger partial charge in [0.05, 0.1) is 11.7 Å². The van der Waals surface area contributed by atoms with Crippen LogP contribution in [0.3, 0.4) is 0 Å². The lowest BCUT2D eigenvalue weighted by molar-refractivity contribution is -0.0875. The minimum absolute atomic E-state index is 0.105. The summed E-state index contributed by atoms with van der Waals surface area (Å²) in [5.74, 6) is 0.878. The summed E-state index contributed by atoms with van der Waals surface area (Å²) >= 11 is 0. The molecule has 2 saturated carbocycles. The van der Waals surface area contributed by atoms with Gasteiger partial charge in [-0.2, -0.15) is 0 Å². The number of nitrogens with zero attached hydrogens (tertiary/aromatic N) is 3. The summed E-state index contributed by atoms with van der Waals surface area (Å²) in [7, 11) is 0. The van der Waals surface area contributed by atoms with Crippen LogP contribution >= 0.6 is 0 Å². The third-order valence-electron chi connectivity index (χ3n) is 5.91. The second-order valence-corrected chi connectivity index (χ2v) is 9.25. The molecule has 4 rings (SSSR count). The molecular weight excluding hydrogens is 340 g/mol. The molecule has 2 aromatic rings. The SMILES string of the molecule is Cc1cc(C)n2cnc(C(=O)N[C@@H]3C4CC[C@@H]3C[C@H](OC(C)(C)C)C4)c2n1. The van der Waals surface area contributed by atoms with E-state index < -0.39 is 0 Å². The number of aryl methyl sites for hydroxylation is 2. The second kappa shape index (κ2) is 6.59. The number of carbonyl (C=O) groups is 1. The van der Waals surface area contributed by atoms with E-state index in [2.05, 4.69) is 36.1 Å². The molecule has 27 heavy (non-hydrogen) atoms. The van der Waals surface area contributed by atoms with E-state index in [1.165, 1.54) is 12.8 Å². The topological polar surface area (TPSA) is 68.5 Å². The molecule has 6 nitrogen and oxygen atoms in total. The first kappa shape index (κ1) is 18.4. The van der Waals surface area contributed by atoms with E-state index in [4.69, 9.17) is 4.74 Å². The van der Waals surface area contributed by atoms with E-state index in [0.717, 1.165) is 24.2 Å². The predicted octanol–water partition coefficient (Wildman–Crippen LogP) is 3.45. The Kier molecular flexibility index (Phi) is 4.49. The third kappa shape index (κ3) is 3.59. The highest BCUT2D eigenvalue weighted by Crippen LogP contribution is 2.44. The molecular formula is C21H30N4O2. The molecule has 2 aliphatic rings. The van der Waals surface area contributed by atoms with E-state index >= 15 is 0 Å². The van der Waals surface area contributed by atoms with Crippen LogP contribution in [0.5, 0.6) is 0 Å². The van der Waals surface area contributed by atoms with Gasteiger partial charge in [0.2, 0.25) is 0 Å². The average molecular weight is 370 g/mol. The number of rotatable bonds is 3. The fraction of sp³-hybridized carbons (Fsp3) is 0.667. The number of hydrogen-bond acceptors (Lipinski definition) is 4. The van der Waals surface area contributed by atoms with Gasteiger partial charge in [-0.25, -0.2) is 9.97 Å². The summed E-state index contributed by atoms with van der Waals surface area (Å²) in [5.41, 5.74) is 2.88. The first-order valence-corrected chi connectivity index (χ1v) is 10.0. The quantitative estimate of drug-likeness (QED) is 0.898. The van der Waals surface area contributed by atoms with Crippen LogP contribution in [0.1, 0.15) is 68.3 Å². The molecule has 0 spiro atoms. The van der Waals surface area contributed by atoms with Crippen molar-refractivity contribution in [3.63, 3.8) is 0 Å². The summed E-state index contributed by atoms with van der Waals surface area (Å²) < 4.78 is 8.11. The maximum absolute atomic E-state index is 13.0. The van der Waals surface area contributed by atoms with Gasteiger partial charge in [-0.3, -0.25) is 9.20 Å². The van der Waals surface area contributed by atoms with Gasteiger partial charge in [0.25, 0.3) is 5.91 Å². The van der Waals surface area contributed by atoms with Gasteiger partial charge in [-0.1, -0.05) is 0 Å². The van der Waals surface area contributed by atoms with Crippen molar-refractivity contribution in [1.29, 1.82) is 0 Å². The molecule has 146 valence electrons. The number of carbonyl (C=O) groups excluding carboxylic acids is 1. The largest absolute Gasteiger partial charge is 0.373 e. The molecule has 1 unspecified atom stereocenters. The Morgan fingerprint density at radius 1 is 1.22 bits per heavy atom. The molecule has 2 aromatic heterocycles. The van der Waals surface area contributed by atoms with Gasteiger partial charge in [0, 0.05) is 17.4 Å². The standard InChI is InChI=1S/C21H30N4O2/c1-12-8-13(2)25-11-22-18(19(25)23-12)20(26)24-17-14-6-7-15(17)10-16(9-14)27-21(3,4)5/h8,11,14-17H,6-7,9-10H2,1-5H3,(H,24,26)/t14-,15?,16+,17+/m1/s1. The number of fused-ring (bicyclic) bond motifs is 3. The van der Waals surface area contributed by atoms with Crippen molar-refractivity contribution in [2.24, 2.45) is 11.8 Å². The van der Waals surface area contributed by atoms with Crippen molar-refractivity contribution >= 4 is 11.6 Å². The Balaban J connectivity index is 1.50. The molecule has 4 atom stereocenters. The third-order valence-corrected chi connectivity index (χ3v) is 5.91. The Labute approximate surface area is 160 Å².